The van der Waals surface area contributed by atoms with Crippen LogP contribution in [0.2, 0.25) is 0 Å². The van der Waals surface area contributed by atoms with Gasteiger partial charge in [-0.1, -0.05) is 0 Å². The number of thioether (sulfide) groups is 1. The van der Waals surface area contributed by atoms with Crippen LogP contribution in [0.1, 0.15) is 16.7 Å². The Morgan fingerprint density at radius 2 is 2.05 bits per heavy atom. The molecule has 1 aromatic carbocycles. The van der Waals surface area contributed by atoms with Crippen LogP contribution in [0.5, 0.6) is 0 Å². The van der Waals surface area contributed by atoms with Crippen molar-refractivity contribution < 1.29 is 22.7 Å². The minimum Gasteiger partial charge on any atom is -0.469 e. The molecule has 0 unspecified atom stereocenters. The van der Waals surface area contributed by atoms with Gasteiger partial charge in [0.2, 0.25) is 0 Å². The average Bonchev–Trinajstić information content (AvgIpc) is 2.38. The topological polar surface area (TPSA) is 50.1 Å². The number of methoxy groups -OCH3 is 1. The second-order valence-corrected chi connectivity index (χ2v) is 5.01. The summed E-state index contributed by atoms with van der Waals surface area (Å²) in [5.74, 6) is -0.883. The first kappa shape index (κ1) is 16.7. The number of nitrogens with zero attached hydrogens (tertiary/aromatic N) is 1. The van der Waals surface area contributed by atoms with Crippen molar-refractivity contribution in [2.45, 2.75) is 22.7 Å². The number of nitriles is 1. The van der Waals surface area contributed by atoms with Gasteiger partial charge in [-0.2, -0.15) is 18.4 Å². The molecular weight excluding hydrogens is 315 g/mol. The Morgan fingerprint density at radius 3 is 2.50 bits per heavy atom. The molecule has 0 saturated heterocycles. The summed E-state index contributed by atoms with van der Waals surface area (Å²) < 4.78 is 42.2. The first-order valence-electron chi connectivity index (χ1n) is 5.25. The first-order chi connectivity index (χ1) is 9.30. The SMILES string of the molecule is COC(=O)Cc1cc(C#N)cc(CCl)c1SC(F)(F)F. The maximum atomic E-state index is 12.6. The van der Waals surface area contributed by atoms with Crippen molar-refractivity contribution in [3.05, 3.63) is 28.8 Å². The van der Waals surface area contributed by atoms with Crippen molar-refractivity contribution in [2.75, 3.05) is 7.11 Å². The molecule has 1 rings (SSSR count). The van der Waals surface area contributed by atoms with Crippen molar-refractivity contribution in [1.82, 2.24) is 0 Å². The number of esters is 1. The molecule has 1 aromatic rings. The zero-order valence-corrected chi connectivity index (χ0v) is 11.8. The highest BCUT2D eigenvalue weighted by molar-refractivity contribution is 8.00. The van der Waals surface area contributed by atoms with Gasteiger partial charge in [-0.25, -0.2) is 0 Å². The van der Waals surface area contributed by atoms with E-state index in [-0.39, 0.29) is 45.6 Å². The lowest BCUT2D eigenvalue weighted by Gasteiger charge is -2.14. The van der Waals surface area contributed by atoms with Gasteiger partial charge in [-0.05, 0) is 35.0 Å². The smallest absolute Gasteiger partial charge is 0.446 e. The van der Waals surface area contributed by atoms with Crippen LogP contribution in [-0.2, 0) is 21.8 Å². The molecule has 0 saturated carbocycles. The Balaban J connectivity index is 3.35. The number of ether oxygens (including phenoxy) is 1. The summed E-state index contributed by atoms with van der Waals surface area (Å²) in [7, 11) is 1.13. The molecule has 0 amide bonds. The molecule has 0 aliphatic rings. The standard InChI is InChI=1S/C12H9ClF3NO2S/c1-19-10(18)4-8-2-7(6-17)3-9(5-13)11(8)20-12(14,15)16/h2-3H,4-5H2,1H3. The molecule has 108 valence electrons. The number of alkyl halides is 4. The lowest BCUT2D eigenvalue weighted by atomic mass is 10.0. The molecule has 0 N–H and O–H groups in total. The first-order valence-corrected chi connectivity index (χ1v) is 6.60. The number of halogens is 4. The largest absolute Gasteiger partial charge is 0.469 e. The van der Waals surface area contributed by atoms with E-state index in [1.54, 1.807) is 0 Å². The molecule has 0 spiro atoms. The number of rotatable bonds is 4. The number of hydrogen-bond donors (Lipinski definition) is 0. The van der Waals surface area contributed by atoms with E-state index in [9.17, 15) is 18.0 Å². The Kier molecular flexibility index (Phi) is 5.72. The van der Waals surface area contributed by atoms with Gasteiger partial charge in [0.05, 0.1) is 25.2 Å². The van der Waals surface area contributed by atoms with Crippen LogP contribution < -0.4 is 0 Å². The highest BCUT2D eigenvalue weighted by atomic mass is 35.5. The minimum atomic E-state index is -4.51. The molecule has 0 fully saturated rings. The highest BCUT2D eigenvalue weighted by Gasteiger charge is 2.32. The van der Waals surface area contributed by atoms with E-state index < -0.39 is 11.5 Å². The van der Waals surface area contributed by atoms with Crippen LogP contribution in [0.3, 0.4) is 0 Å². The second kappa shape index (κ2) is 6.86. The zero-order chi connectivity index (χ0) is 15.3. The number of benzene rings is 1. The summed E-state index contributed by atoms with van der Waals surface area (Å²) in [6.45, 7) is 0. The van der Waals surface area contributed by atoms with E-state index in [4.69, 9.17) is 16.9 Å². The molecular formula is C12H9ClF3NO2S. The summed E-state index contributed by atoms with van der Waals surface area (Å²) in [5.41, 5.74) is -4.13. The van der Waals surface area contributed by atoms with Crippen LogP contribution in [-0.4, -0.2) is 18.6 Å². The Morgan fingerprint density at radius 1 is 1.45 bits per heavy atom. The molecule has 0 heterocycles. The third-order valence-electron chi connectivity index (χ3n) is 2.30. The van der Waals surface area contributed by atoms with E-state index in [2.05, 4.69) is 4.74 Å². The van der Waals surface area contributed by atoms with Gasteiger partial charge in [-0.15, -0.1) is 11.6 Å². The van der Waals surface area contributed by atoms with E-state index in [0.717, 1.165) is 7.11 Å². The van der Waals surface area contributed by atoms with Crippen LogP contribution in [0.4, 0.5) is 13.2 Å². The maximum absolute atomic E-state index is 12.6. The molecule has 0 atom stereocenters. The average molecular weight is 324 g/mol. The Hall–Kier alpha value is -1.39. The molecule has 0 bridgehead atoms. The quantitative estimate of drug-likeness (QED) is 0.482. The number of hydrogen-bond acceptors (Lipinski definition) is 4. The molecule has 20 heavy (non-hydrogen) atoms. The van der Waals surface area contributed by atoms with Crippen molar-refractivity contribution in [1.29, 1.82) is 5.26 Å². The van der Waals surface area contributed by atoms with E-state index in [1.165, 1.54) is 12.1 Å². The summed E-state index contributed by atoms with van der Waals surface area (Å²) in [6.07, 6.45) is -0.353. The number of carbonyl (C=O) groups excluding carboxylic acids is 1. The van der Waals surface area contributed by atoms with E-state index >= 15 is 0 Å². The monoisotopic (exact) mass is 323 g/mol. The summed E-state index contributed by atoms with van der Waals surface area (Å²) in [6, 6.07) is 4.34. The number of carbonyl (C=O) groups is 1. The summed E-state index contributed by atoms with van der Waals surface area (Å²) in [5, 5.41) is 8.86. The van der Waals surface area contributed by atoms with Gasteiger partial charge >= 0.3 is 11.5 Å². The van der Waals surface area contributed by atoms with Gasteiger partial charge in [0.25, 0.3) is 0 Å². The lowest BCUT2D eigenvalue weighted by Crippen LogP contribution is -2.09. The highest BCUT2D eigenvalue weighted by Crippen LogP contribution is 2.41. The minimum absolute atomic E-state index is 0.0777. The molecule has 0 aromatic heterocycles. The fraction of sp³-hybridized carbons (Fsp3) is 0.333. The van der Waals surface area contributed by atoms with Gasteiger partial charge in [0.15, 0.2) is 0 Å². The third-order valence-corrected chi connectivity index (χ3v) is 3.54. The van der Waals surface area contributed by atoms with Gasteiger partial charge in [0, 0.05) is 10.8 Å². The molecule has 8 heteroatoms. The van der Waals surface area contributed by atoms with E-state index in [0.29, 0.717) is 0 Å². The van der Waals surface area contributed by atoms with Gasteiger partial charge in [0.1, 0.15) is 0 Å². The zero-order valence-electron chi connectivity index (χ0n) is 10.3. The molecule has 3 nitrogen and oxygen atoms in total. The fourth-order valence-corrected chi connectivity index (χ4v) is 2.57. The van der Waals surface area contributed by atoms with Crippen molar-refractivity contribution in [3.8, 4) is 6.07 Å². The Bertz CT molecular complexity index is 555. The van der Waals surface area contributed by atoms with Crippen LogP contribution in [0.25, 0.3) is 0 Å². The van der Waals surface area contributed by atoms with Crippen LogP contribution >= 0.6 is 23.4 Å². The Labute approximate surface area is 122 Å². The third kappa shape index (κ3) is 4.62. The van der Waals surface area contributed by atoms with E-state index in [1.807, 2.05) is 6.07 Å². The van der Waals surface area contributed by atoms with Gasteiger partial charge < -0.3 is 4.74 Å². The second-order valence-electron chi connectivity index (χ2n) is 3.67. The van der Waals surface area contributed by atoms with Crippen molar-refractivity contribution in [2.24, 2.45) is 0 Å². The van der Waals surface area contributed by atoms with Crippen molar-refractivity contribution in [3.63, 3.8) is 0 Å². The van der Waals surface area contributed by atoms with Crippen LogP contribution in [0, 0.1) is 11.3 Å². The van der Waals surface area contributed by atoms with Crippen LogP contribution in [0.15, 0.2) is 17.0 Å². The lowest BCUT2D eigenvalue weighted by molar-refractivity contribution is -0.139. The normalized spacial score (nSPS) is 11.0. The molecule has 0 aliphatic carbocycles. The van der Waals surface area contributed by atoms with Gasteiger partial charge in [-0.3, -0.25) is 4.79 Å². The predicted molar refractivity (Wildman–Crippen MR) is 68.3 cm³/mol. The van der Waals surface area contributed by atoms with Crippen molar-refractivity contribution >= 4 is 29.3 Å². The summed E-state index contributed by atoms with van der Waals surface area (Å²) in [4.78, 5) is 11.1. The maximum Gasteiger partial charge on any atom is 0.446 e. The summed E-state index contributed by atoms with van der Waals surface area (Å²) >= 11 is 5.27. The molecule has 0 aliphatic heterocycles. The fourth-order valence-electron chi connectivity index (χ4n) is 1.52. The molecule has 0 radical (unpaired) electrons. The predicted octanol–water partition coefficient (Wildman–Crippen LogP) is 3.62.